The molecule has 0 aromatic rings. The van der Waals surface area contributed by atoms with Crippen LogP contribution in [0.3, 0.4) is 0 Å². The van der Waals surface area contributed by atoms with Crippen LogP contribution in [0, 0.1) is 23.7 Å². The maximum absolute atomic E-state index is 13.7. The summed E-state index contributed by atoms with van der Waals surface area (Å²) in [6.07, 6.45) is 3.12. The second-order valence-electron chi connectivity index (χ2n) is 16.5. The van der Waals surface area contributed by atoms with Crippen molar-refractivity contribution in [3.63, 3.8) is 0 Å². The number of nitrogens with two attached hydrogens (primary N) is 1. The first-order valence-electron chi connectivity index (χ1n) is 19.7. The maximum Gasteiger partial charge on any atom is 0.404 e. The Balaban J connectivity index is 1.60. The average molecular weight is 764 g/mol. The molecule has 4 aliphatic heterocycles. The molecular weight excluding hydrogens is 698 g/mol. The number of ether oxygens (including phenoxy) is 6. The molecule has 13 heteroatoms. The molecule has 0 radical (unpaired) electrons. The van der Waals surface area contributed by atoms with Crippen molar-refractivity contribution in [3.05, 3.63) is 35.5 Å². The van der Waals surface area contributed by atoms with Gasteiger partial charge in [0.05, 0.1) is 30.8 Å². The van der Waals surface area contributed by atoms with Crippen LogP contribution in [0.15, 0.2) is 35.5 Å². The minimum atomic E-state index is -1.77. The van der Waals surface area contributed by atoms with E-state index in [2.05, 4.69) is 6.08 Å². The lowest BCUT2D eigenvalue weighted by atomic mass is 9.79. The fourth-order valence-electron chi connectivity index (χ4n) is 8.43. The number of epoxide rings is 1. The molecule has 2 bridgehead atoms. The molecule has 1 amide bonds. The summed E-state index contributed by atoms with van der Waals surface area (Å²) >= 11 is 0. The number of aliphatic hydroxyl groups excluding tert-OH is 2. The van der Waals surface area contributed by atoms with Gasteiger partial charge in [-0.2, -0.15) is 0 Å². The van der Waals surface area contributed by atoms with E-state index in [0.717, 1.165) is 11.1 Å². The van der Waals surface area contributed by atoms with Crippen LogP contribution in [0.2, 0.25) is 0 Å². The van der Waals surface area contributed by atoms with E-state index in [1.165, 1.54) is 0 Å². The Bertz CT molecular complexity index is 1410. The maximum atomic E-state index is 13.7. The highest BCUT2D eigenvalue weighted by atomic mass is 16.7. The van der Waals surface area contributed by atoms with Crippen molar-refractivity contribution < 1.29 is 58.1 Å². The molecule has 5 N–H and O–H groups in total. The van der Waals surface area contributed by atoms with Gasteiger partial charge >= 0.3 is 12.1 Å². The van der Waals surface area contributed by atoms with E-state index in [0.29, 0.717) is 32.1 Å². The zero-order valence-corrected chi connectivity index (χ0v) is 33.6. The van der Waals surface area contributed by atoms with Crippen LogP contribution in [0.5, 0.6) is 0 Å². The van der Waals surface area contributed by atoms with Crippen molar-refractivity contribution in [3.8, 4) is 0 Å². The summed E-state index contributed by atoms with van der Waals surface area (Å²) in [6.45, 7) is 16.9. The standard InChI is InChI=1S/C41H65NO12/c1-10-31(43)40(9)38(54-40)26(6)19-25(5)37-27(7)34(45)22(2)15-16-29(50-33-20-30(51-39(42)47)35(46)28(8)49-33)14-12-11-13-23(3)36-24(4)17-18-41(48,53-36)21-32(44)52-37/h13,15-17,22,25-30,33-38,45-46,48H,10-12,14,18-21H2,1-9H3,(H2,42,47)/b16-15+,23-13+. The Morgan fingerprint density at radius 2 is 1.72 bits per heavy atom. The van der Waals surface area contributed by atoms with Gasteiger partial charge in [-0.25, -0.2) is 4.79 Å². The second-order valence-corrected chi connectivity index (χ2v) is 16.5. The van der Waals surface area contributed by atoms with Crippen LogP contribution in [0.4, 0.5) is 4.79 Å². The number of fused-ring (bicyclic) bond motifs is 2. The number of aliphatic hydroxyl groups is 3. The van der Waals surface area contributed by atoms with Crippen molar-refractivity contribution in [2.24, 2.45) is 29.4 Å². The van der Waals surface area contributed by atoms with Crippen LogP contribution in [0.1, 0.15) is 114 Å². The van der Waals surface area contributed by atoms with Crippen LogP contribution < -0.4 is 5.73 Å². The Morgan fingerprint density at radius 3 is 2.39 bits per heavy atom. The number of rotatable bonds is 9. The smallest absolute Gasteiger partial charge is 0.404 e. The fraction of sp³-hybridized carbons (Fsp3) is 0.780. The largest absolute Gasteiger partial charge is 0.462 e. The van der Waals surface area contributed by atoms with Crippen molar-refractivity contribution >= 4 is 17.8 Å². The fourth-order valence-corrected chi connectivity index (χ4v) is 8.43. The molecule has 4 heterocycles. The molecule has 15 atom stereocenters. The first kappa shape index (κ1) is 44.1. The number of carbonyl (C=O) groups is 3. The minimum absolute atomic E-state index is 0.0277. The Labute approximate surface area is 320 Å². The molecule has 0 spiro atoms. The summed E-state index contributed by atoms with van der Waals surface area (Å²) in [5, 5.41) is 33.9. The summed E-state index contributed by atoms with van der Waals surface area (Å²) in [7, 11) is 0. The lowest BCUT2D eigenvalue weighted by molar-refractivity contribution is -0.254. The van der Waals surface area contributed by atoms with Gasteiger partial charge in [-0.1, -0.05) is 58.9 Å². The predicted molar refractivity (Wildman–Crippen MR) is 200 cm³/mol. The van der Waals surface area contributed by atoms with Crippen molar-refractivity contribution in [2.75, 3.05) is 0 Å². The zero-order valence-electron chi connectivity index (χ0n) is 33.6. The highest BCUT2D eigenvalue weighted by Gasteiger charge is 2.59. The van der Waals surface area contributed by atoms with Crippen molar-refractivity contribution in [1.82, 2.24) is 0 Å². The van der Waals surface area contributed by atoms with E-state index in [-0.39, 0.29) is 43.0 Å². The number of cyclic esters (lactones) is 1. The van der Waals surface area contributed by atoms with E-state index in [1.807, 2.05) is 73.6 Å². The highest BCUT2D eigenvalue weighted by Crippen LogP contribution is 2.45. The Hall–Kier alpha value is -2.65. The molecule has 0 aromatic carbocycles. The van der Waals surface area contributed by atoms with E-state index in [9.17, 15) is 29.7 Å². The molecule has 54 heavy (non-hydrogen) atoms. The number of ketones is 1. The normalized spacial score (nSPS) is 42.4. The zero-order chi connectivity index (χ0) is 40.1. The number of primary amides is 1. The number of esters is 1. The number of hydrogen-bond acceptors (Lipinski definition) is 12. The van der Waals surface area contributed by atoms with E-state index >= 15 is 0 Å². The topological polar surface area (TPSA) is 197 Å². The molecule has 0 aliphatic carbocycles. The molecule has 306 valence electrons. The van der Waals surface area contributed by atoms with Gasteiger partial charge in [0.2, 0.25) is 0 Å². The molecule has 0 saturated carbocycles. The quantitative estimate of drug-likeness (QED) is 0.137. The second kappa shape index (κ2) is 18.5. The molecule has 4 rings (SSSR count). The SMILES string of the molecule is CCC(=O)C1(C)OC1C(C)CC(C)C1OC(=O)CC2(O)CC=C(C)C(O2)/C(C)=C/CCCC(OC2CC(OC(N)=O)C(O)C(C)O2)/C=C/C(C)C(O)C1C. The lowest BCUT2D eigenvalue weighted by Gasteiger charge is -2.38. The molecular formula is C41H65NO12. The number of amides is 1. The third-order valence-electron chi connectivity index (χ3n) is 11.8. The number of Topliss-reactive ketones (excluding diaryl/α,β-unsaturated/α-hetero) is 1. The third kappa shape index (κ3) is 11.0. The summed E-state index contributed by atoms with van der Waals surface area (Å²) in [4.78, 5) is 37.8. The van der Waals surface area contributed by atoms with Gasteiger partial charge in [-0.15, -0.1) is 0 Å². The van der Waals surface area contributed by atoms with Crippen LogP contribution >= 0.6 is 0 Å². The van der Waals surface area contributed by atoms with Gasteiger partial charge < -0.3 is 49.5 Å². The molecule has 13 nitrogen and oxygen atoms in total. The first-order chi connectivity index (χ1) is 25.3. The van der Waals surface area contributed by atoms with Gasteiger partial charge in [0.25, 0.3) is 0 Å². The number of hydrogen-bond donors (Lipinski definition) is 4. The van der Waals surface area contributed by atoms with Gasteiger partial charge in [0, 0.05) is 31.1 Å². The van der Waals surface area contributed by atoms with Gasteiger partial charge in [-0.05, 0) is 76.4 Å². The highest BCUT2D eigenvalue weighted by molar-refractivity contribution is 5.89. The summed E-state index contributed by atoms with van der Waals surface area (Å²) < 4.78 is 35.8. The van der Waals surface area contributed by atoms with Gasteiger partial charge in [-0.3, -0.25) is 9.59 Å². The van der Waals surface area contributed by atoms with Crippen LogP contribution in [-0.2, 0) is 38.0 Å². The average Bonchev–Trinajstić information content (AvgIpc) is 3.81. The first-order valence-corrected chi connectivity index (χ1v) is 19.7. The molecule has 2 fully saturated rings. The van der Waals surface area contributed by atoms with Crippen molar-refractivity contribution in [1.29, 1.82) is 0 Å². The van der Waals surface area contributed by atoms with Crippen LogP contribution in [-0.4, -0.2) is 99.7 Å². The molecule has 15 unspecified atom stereocenters. The number of carbonyl (C=O) groups excluding carboxylic acids is 3. The third-order valence-corrected chi connectivity index (χ3v) is 11.8. The van der Waals surface area contributed by atoms with Gasteiger partial charge in [0.1, 0.15) is 24.4 Å². The molecule has 2 saturated heterocycles. The molecule has 4 aliphatic rings. The van der Waals surface area contributed by atoms with E-state index in [4.69, 9.17) is 34.2 Å². The lowest BCUT2D eigenvalue weighted by Crippen LogP contribution is -2.50. The van der Waals surface area contributed by atoms with Gasteiger partial charge in [0.15, 0.2) is 23.5 Å². The van der Waals surface area contributed by atoms with E-state index in [1.54, 1.807) is 6.92 Å². The Morgan fingerprint density at radius 1 is 1.04 bits per heavy atom. The predicted octanol–water partition coefficient (Wildman–Crippen LogP) is 5.18. The number of allylic oxidation sites excluding steroid dienone is 1. The van der Waals surface area contributed by atoms with Crippen LogP contribution in [0.25, 0.3) is 0 Å². The molecule has 0 aromatic heterocycles. The minimum Gasteiger partial charge on any atom is -0.462 e. The monoisotopic (exact) mass is 763 g/mol. The van der Waals surface area contributed by atoms with E-state index < -0.39 is 84.3 Å². The summed E-state index contributed by atoms with van der Waals surface area (Å²) in [6, 6.07) is 0. The summed E-state index contributed by atoms with van der Waals surface area (Å²) in [5.74, 6) is -3.55. The summed E-state index contributed by atoms with van der Waals surface area (Å²) in [5.41, 5.74) is 6.26. The Kier molecular flexibility index (Phi) is 15.1. The van der Waals surface area contributed by atoms with Crippen molar-refractivity contribution in [2.45, 2.75) is 180 Å².